The number of hydrogen-bond donors (Lipinski definition) is 0. The minimum absolute atomic E-state index is 0.00449. The normalized spacial score (nSPS) is 12.1. The predicted molar refractivity (Wildman–Crippen MR) is 57.9 cm³/mol. The van der Waals surface area contributed by atoms with Crippen LogP contribution >= 0.6 is 0 Å². The molecule has 0 aliphatic rings. The number of carbonyl (C=O) groups excluding carboxylic acids is 1. The van der Waals surface area contributed by atoms with Crippen LogP contribution in [0.2, 0.25) is 4.82 Å². The molecule has 0 fully saturated rings. The van der Waals surface area contributed by atoms with Crippen molar-refractivity contribution < 1.29 is 9.53 Å². The van der Waals surface area contributed by atoms with Crippen molar-refractivity contribution in [1.82, 2.24) is 0 Å². The number of rotatable bonds is 4. The zero-order chi connectivity index (χ0) is 10.4. The molecule has 0 radical (unpaired) electrons. The standard InChI is InChI=1S/C11H14O2Se/c1-3-13-11(12)9(2)14-10-7-5-4-6-8-10/h4-9H,3H2,1-2H3. The summed E-state index contributed by atoms with van der Waals surface area (Å²) in [5.41, 5.74) is 0. The van der Waals surface area contributed by atoms with Crippen LogP contribution in [0.5, 0.6) is 0 Å². The van der Waals surface area contributed by atoms with E-state index in [-0.39, 0.29) is 25.7 Å². The molecule has 1 aromatic carbocycles. The summed E-state index contributed by atoms with van der Waals surface area (Å²) in [5, 5.41) is 0. The zero-order valence-corrected chi connectivity index (χ0v) is 10.1. The Labute approximate surface area is 90.8 Å². The Hall–Kier alpha value is -0.791. The molecule has 1 aromatic rings. The fourth-order valence-electron chi connectivity index (χ4n) is 1.01. The third-order valence-electron chi connectivity index (χ3n) is 1.67. The molecule has 1 unspecified atom stereocenters. The van der Waals surface area contributed by atoms with Gasteiger partial charge in [-0.3, -0.25) is 0 Å². The van der Waals surface area contributed by atoms with E-state index in [2.05, 4.69) is 12.1 Å². The van der Waals surface area contributed by atoms with Crippen molar-refractivity contribution in [1.29, 1.82) is 0 Å². The monoisotopic (exact) mass is 258 g/mol. The second-order valence-corrected chi connectivity index (χ2v) is 5.79. The number of carbonyl (C=O) groups is 1. The SMILES string of the molecule is CCOC(=O)C(C)[Se]c1ccccc1. The molecule has 0 saturated heterocycles. The van der Waals surface area contributed by atoms with Gasteiger partial charge in [0.2, 0.25) is 0 Å². The summed E-state index contributed by atoms with van der Waals surface area (Å²) in [5.74, 6) is -0.0867. The Bertz CT molecular complexity index is 285. The van der Waals surface area contributed by atoms with Crippen LogP contribution in [-0.4, -0.2) is 27.5 Å². The Morgan fingerprint density at radius 2 is 2.07 bits per heavy atom. The molecule has 1 atom stereocenters. The zero-order valence-electron chi connectivity index (χ0n) is 8.40. The van der Waals surface area contributed by atoms with Crippen molar-refractivity contribution in [2.24, 2.45) is 0 Å². The molecule has 0 aliphatic carbocycles. The molecule has 14 heavy (non-hydrogen) atoms. The van der Waals surface area contributed by atoms with E-state index in [0.29, 0.717) is 6.61 Å². The maximum atomic E-state index is 11.3. The van der Waals surface area contributed by atoms with Gasteiger partial charge in [-0.1, -0.05) is 0 Å². The van der Waals surface area contributed by atoms with Gasteiger partial charge in [0.1, 0.15) is 0 Å². The topological polar surface area (TPSA) is 26.3 Å². The van der Waals surface area contributed by atoms with Gasteiger partial charge in [0.05, 0.1) is 0 Å². The maximum absolute atomic E-state index is 11.3. The molecule has 0 heterocycles. The first kappa shape index (κ1) is 11.3. The van der Waals surface area contributed by atoms with Crippen molar-refractivity contribution >= 4 is 25.4 Å². The van der Waals surface area contributed by atoms with Crippen molar-refractivity contribution in [3.8, 4) is 0 Å². The van der Waals surface area contributed by atoms with Gasteiger partial charge in [-0.2, -0.15) is 0 Å². The predicted octanol–water partition coefficient (Wildman–Crippen LogP) is 1.39. The molecule has 0 amide bonds. The van der Waals surface area contributed by atoms with E-state index < -0.39 is 0 Å². The quantitative estimate of drug-likeness (QED) is 0.602. The average molecular weight is 257 g/mol. The first-order valence-electron chi connectivity index (χ1n) is 4.62. The molecular weight excluding hydrogens is 243 g/mol. The second-order valence-electron chi connectivity index (χ2n) is 2.83. The van der Waals surface area contributed by atoms with Gasteiger partial charge < -0.3 is 0 Å². The van der Waals surface area contributed by atoms with E-state index in [1.165, 1.54) is 4.46 Å². The summed E-state index contributed by atoms with van der Waals surface area (Å²) in [6, 6.07) is 10.1. The van der Waals surface area contributed by atoms with E-state index in [4.69, 9.17) is 4.74 Å². The van der Waals surface area contributed by atoms with E-state index in [1.54, 1.807) is 0 Å². The molecule has 3 heteroatoms. The Kier molecular flexibility index (Phi) is 4.71. The van der Waals surface area contributed by atoms with Gasteiger partial charge in [-0.25, -0.2) is 0 Å². The van der Waals surface area contributed by atoms with Crippen molar-refractivity contribution in [3.63, 3.8) is 0 Å². The van der Waals surface area contributed by atoms with Crippen LogP contribution in [0.25, 0.3) is 0 Å². The molecule has 1 rings (SSSR count). The van der Waals surface area contributed by atoms with Crippen LogP contribution < -0.4 is 4.46 Å². The van der Waals surface area contributed by atoms with Gasteiger partial charge in [0.25, 0.3) is 0 Å². The summed E-state index contributed by atoms with van der Waals surface area (Å²) >= 11 is 0.174. The summed E-state index contributed by atoms with van der Waals surface area (Å²) in [6.45, 7) is 4.22. The van der Waals surface area contributed by atoms with Crippen LogP contribution in [0, 0.1) is 0 Å². The minimum atomic E-state index is -0.0867. The van der Waals surface area contributed by atoms with Crippen LogP contribution in [-0.2, 0) is 9.53 Å². The van der Waals surface area contributed by atoms with Crippen LogP contribution in [0.3, 0.4) is 0 Å². The molecule has 0 aromatic heterocycles. The van der Waals surface area contributed by atoms with Gasteiger partial charge in [0.15, 0.2) is 0 Å². The van der Waals surface area contributed by atoms with E-state index in [0.717, 1.165) is 0 Å². The van der Waals surface area contributed by atoms with Crippen molar-refractivity contribution in [2.45, 2.75) is 18.7 Å². The van der Waals surface area contributed by atoms with Gasteiger partial charge in [-0.15, -0.1) is 0 Å². The Balaban J connectivity index is 2.49. The number of ether oxygens (including phenoxy) is 1. The van der Waals surface area contributed by atoms with Crippen molar-refractivity contribution in [3.05, 3.63) is 30.3 Å². The van der Waals surface area contributed by atoms with Crippen LogP contribution in [0.4, 0.5) is 0 Å². The third-order valence-corrected chi connectivity index (χ3v) is 3.96. The van der Waals surface area contributed by atoms with E-state index in [1.807, 2.05) is 32.0 Å². The second kappa shape index (κ2) is 5.84. The van der Waals surface area contributed by atoms with Gasteiger partial charge >= 0.3 is 90.5 Å². The average Bonchev–Trinajstić information content (AvgIpc) is 2.19. The summed E-state index contributed by atoms with van der Waals surface area (Å²) in [6.07, 6.45) is 0. The van der Waals surface area contributed by atoms with Gasteiger partial charge in [0, 0.05) is 0 Å². The molecule has 76 valence electrons. The van der Waals surface area contributed by atoms with E-state index in [9.17, 15) is 4.79 Å². The number of esters is 1. The molecule has 0 bridgehead atoms. The fourth-order valence-corrected chi connectivity index (χ4v) is 2.87. The molecule has 0 N–H and O–H groups in total. The van der Waals surface area contributed by atoms with E-state index >= 15 is 0 Å². The molecule has 0 spiro atoms. The first-order valence-corrected chi connectivity index (χ1v) is 6.47. The molecular formula is C11H14O2Se. The first-order chi connectivity index (χ1) is 6.74. The molecule has 0 saturated carbocycles. The van der Waals surface area contributed by atoms with Crippen LogP contribution in [0.1, 0.15) is 13.8 Å². The van der Waals surface area contributed by atoms with Crippen molar-refractivity contribution in [2.75, 3.05) is 6.61 Å². The Morgan fingerprint density at radius 1 is 1.43 bits per heavy atom. The van der Waals surface area contributed by atoms with Crippen LogP contribution in [0.15, 0.2) is 30.3 Å². The third kappa shape index (κ3) is 3.52. The number of benzene rings is 1. The fraction of sp³-hybridized carbons (Fsp3) is 0.364. The number of hydrogen-bond acceptors (Lipinski definition) is 2. The molecule has 0 aliphatic heterocycles. The van der Waals surface area contributed by atoms with Gasteiger partial charge in [-0.05, 0) is 0 Å². The molecule has 2 nitrogen and oxygen atoms in total. The summed E-state index contributed by atoms with van der Waals surface area (Å²) in [7, 11) is 0. The Morgan fingerprint density at radius 3 is 2.64 bits per heavy atom. The summed E-state index contributed by atoms with van der Waals surface area (Å²) < 4.78 is 6.19. The summed E-state index contributed by atoms with van der Waals surface area (Å²) in [4.78, 5) is 11.3.